The first-order chi connectivity index (χ1) is 13.3. The van der Waals surface area contributed by atoms with Gasteiger partial charge in [-0.2, -0.15) is 0 Å². The molecule has 0 saturated carbocycles. The summed E-state index contributed by atoms with van der Waals surface area (Å²) >= 11 is 2.10. The molecule has 2 aliphatic rings. The van der Waals surface area contributed by atoms with Crippen LogP contribution in [0.3, 0.4) is 0 Å². The number of benzene rings is 1. The maximum absolute atomic E-state index is 12.2. The molecule has 1 N–H and O–H groups in total. The summed E-state index contributed by atoms with van der Waals surface area (Å²) in [5, 5.41) is 9.61. The van der Waals surface area contributed by atoms with E-state index < -0.39 is 15.1 Å². The number of hydrogen-bond donors (Lipinski definition) is 1. The molecule has 28 heavy (non-hydrogen) atoms. The van der Waals surface area contributed by atoms with Crippen LogP contribution >= 0.6 is 22.6 Å². The van der Waals surface area contributed by atoms with Gasteiger partial charge >= 0.3 is 0 Å². The van der Waals surface area contributed by atoms with Crippen LogP contribution in [-0.4, -0.2) is 44.3 Å². The van der Waals surface area contributed by atoms with E-state index in [0.717, 1.165) is 46.0 Å². The van der Waals surface area contributed by atoms with Crippen molar-refractivity contribution in [3.05, 3.63) is 38.0 Å². The second-order valence-corrected chi connectivity index (χ2v) is 10.8. The molecule has 0 unspecified atom stereocenters. The molecule has 1 fully saturated rings. The van der Waals surface area contributed by atoms with Gasteiger partial charge in [0.15, 0.2) is 21.3 Å². The van der Waals surface area contributed by atoms with Crippen molar-refractivity contribution in [1.82, 2.24) is 0 Å². The van der Waals surface area contributed by atoms with Crippen LogP contribution in [0.2, 0.25) is 0 Å². The van der Waals surface area contributed by atoms with Gasteiger partial charge in [0.2, 0.25) is 0 Å². The van der Waals surface area contributed by atoms with E-state index in [0.29, 0.717) is 12.4 Å². The van der Waals surface area contributed by atoms with Crippen molar-refractivity contribution in [2.75, 3.05) is 19.5 Å². The van der Waals surface area contributed by atoms with Crippen LogP contribution in [0.1, 0.15) is 45.1 Å². The third kappa shape index (κ3) is 4.41. The van der Waals surface area contributed by atoms with Crippen molar-refractivity contribution in [1.29, 1.82) is 0 Å². The highest BCUT2D eigenvalue weighted by Gasteiger charge is 2.45. The minimum Gasteiger partial charge on any atom is -0.504 e. The zero-order valence-electron chi connectivity index (χ0n) is 16.5. The molecule has 0 radical (unpaired) electrons. The van der Waals surface area contributed by atoms with E-state index in [1.165, 1.54) is 5.57 Å². The Morgan fingerprint density at radius 1 is 1.39 bits per heavy atom. The van der Waals surface area contributed by atoms with Crippen molar-refractivity contribution in [2.45, 2.75) is 50.9 Å². The fourth-order valence-corrected chi connectivity index (χ4v) is 6.76. The van der Waals surface area contributed by atoms with E-state index in [4.69, 9.17) is 9.47 Å². The van der Waals surface area contributed by atoms with Crippen molar-refractivity contribution in [3.63, 3.8) is 0 Å². The second kappa shape index (κ2) is 8.75. The molecule has 7 heteroatoms. The summed E-state index contributed by atoms with van der Waals surface area (Å²) in [4.78, 5) is 0. The Labute approximate surface area is 180 Å². The third-order valence-corrected chi connectivity index (χ3v) is 8.34. The highest BCUT2D eigenvalue weighted by molar-refractivity contribution is 14.1. The number of methoxy groups -OCH3 is 1. The van der Waals surface area contributed by atoms with Gasteiger partial charge in [0.05, 0.1) is 29.1 Å². The molecule has 154 valence electrons. The monoisotopic (exact) mass is 518 g/mol. The Bertz CT molecular complexity index is 917. The van der Waals surface area contributed by atoms with E-state index >= 15 is 0 Å². The van der Waals surface area contributed by atoms with Gasteiger partial charge in [-0.1, -0.05) is 30.6 Å². The summed E-state index contributed by atoms with van der Waals surface area (Å²) in [6, 6.07) is 3.78. The standard InChI is InChI=1S/C21H27IO5S/c1-4-5-14(8-15-9-16(22)21(23)18(10-15)26-3)6-7-17-20-13(2)12-28(24,25)19(20)11-27-17/h8-10,17,19,23H,4-7,11-12H2,1-3H3/b14-8+/t17-,19+/m1/s1. The maximum Gasteiger partial charge on any atom is 0.171 e. The van der Waals surface area contributed by atoms with Gasteiger partial charge in [-0.15, -0.1) is 0 Å². The first kappa shape index (κ1) is 21.6. The van der Waals surface area contributed by atoms with E-state index in [-0.39, 0.29) is 17.6 Å². The van der Waals surface area contributed by atoms with Crippen LogP contribution in [0.15, 0.2) is 28.9 Å². The quantitative estimate of drug-likeness (QED) is 0.426. The first-order valence-corrected chi connectivity index (χ1v) is 12.3. The number of phenolic OH excluding ortho intramolecular Hbond substituents is 1. The smallest absolute Gasteiger partial charge is 0.171 e. The topological polar surface area (TPSA) is 72.8 Å². The average Bonchev–Trinajstić information content (AvgIpc) is 3.16. The molecular weight excluding hydrogens is 491 g/mol. The lowest BCUT2D eigenvalue weighted by atomic mass is 9.95. The normalized spacial score (nSPS) is 23.9. The minimum atomic E-state index is -3.07. The van der Waals surface area contributed by atoms with Crippen molar-refractivity contribution >= 4 is 38.5 Å². The fraction of sp³-hybridized carbons (Fsp3) is 0.524. The Kier molecular flexibility index (Phi) is 6.76. The highest BCUT2D eigenvalue weighted by atomic mass is 127. The van der Waals surface area contributed by atoms with Gasteiger partial charge in [-0.3, -0.25) is 0 Å². The number of ether oxygens (including phenoxy) is 2. The molecule has 0 aromatic heterocycles. The van der Waals surface area contributed by atoms with Crippen LogP contribution in [0, 0.1) is 3.57 Å². The predicted octanol–water partition coefficient (Wildman–Crippen LogP) is 4.48. The summed E-state index contributed by atoms with van der Waals surface area (Å²) in [6.45, 7) is 4.36. The van der Waals surface area contributed by atoms with Gasteiger partial charge in [-0.05, 0) is 72.0 Å². The van der Waals surface area contributed by atoms with Gasteiger partial charge in [0, 0.05) is 0 Å². The van der Waals surface area contributed by atoms with Gasteiger partial charge in [-0.25, -0.2) is 8.42 Å². The summed E-state index contributed by atoms with van der Waals surface area (Å²) in [5.74, 6) is 0.802. The van der Waals surface area contributed by atoms with E-state index in [2.05, 4.69) is 35.6 Å². The fourth-order valence-electron chi connectivity index (χ4n) is 4.14. The number of allylic oxidation sites excluding steroid dienone is 1. The number of aromatic hydroxyl groups is 1. The van der Waals surface area contributed by atoms with Crippen LogP contribution in [0.5, 0.6) is 11.5 Å². The Morgan fingerprint density at radius 3 is 2.82 bits per heavy atom. The van der Waals surface area contributed by atoms with Crippen molar-refractivity contribution in [2.24, 2.45) is 0 Å². The molecule has 1 saturated heterocycles. The van der Waals surface area contributed by atoms with Crippen LogP contribution in [-0.2, 0) is 14.6 Å². The summed E-state index contributed by atoms with van der Waals surface area (Å²) < 4.78 is 36.3. The summed E-state index contributed by atoms with van der Waals surface area (Å²) in [6.07, 6.45) is 5.68. The molecule has 0 amide bonds. The van der Waals surface area contributed by atoms with E-state index in [9.17, 15) is 13.5 Å². The van der Waals surface area contributed by atoms with Gasteiger partial charge in [0.25, 0.3) is 0 Å². The SMILES string of the molecule is CCC/C(=C\c1cc(I)c(O)c(OC)c1)CC[C@H]1OC[C@H]2C1=C(C)CS2(=O)=O. The highest BCUT2D eigenvalue weighted by Crippen LogP contribution is 2.39. The number of rotatable bonds is 7. The van der Waals surface area contributed by atoms with Crippen molar-refractivity contribution < 1.29 is 23.0 Å². The molecule has 2 aliphatic heterocycles. The molecular formula is C21H27IO5S. The Hall–Kier alpha value is -1.06. The number of fused-ring (bicyclic) bond motifs is 1. The number of sulfone groups is 1. The molecule has 0 aliphatic carbocycles. The second-order valence-electron chi connectivity index (χ2n) is 7.50. The molecule has 1 aromatic carbocycles. The van der Waals surface area contributed by atoms with Gasteiger partial charge < -0.3 is 14.6 Å². The van der Waals surface area contributed by atoms with Gasteiger partial charge in [0.1, 0.15) is 5.25 Å². The summed E-state index contributed by atoms with van der Waals surface area (Å²) in [5.41, 5.74) is 4.24. The number of phenols is 1. The van der Waals surface area contributed by atoms with Crippen LogP contribution in [0.4, 0.5) is 0 Å². The zero-order valence-corrected chi connectivity index (χ0v) is 19.5. The molecule has 2 heterocycles. The molecule has 3 rings (SSSR count). The number of hydrogen-bond acceptors (Lipinski definition) is 5. The lowest BCUT2D eigenvalue weighted by molar-refractivity contribution is 0.117. The zero-order chi connectivity index (χ0) is 20.5. The maximum atomic E-state index is 12.2. The van der Waals surface area contributed by atoms with Crippen LogP contribution < -0.4 is 4.74 Å². The lowest BCUT2D eigenvalue weighted by Gasteiger charge is -2.14. The first-order valence-electron chi connectivity index (χ1n) is 9.55. The predicted molar refractivity (Wildman–Crippen MR) is 120 cm³/mol. The number of halogens is 1. The molecule has 2 atom stereocenters. The van der Waals surface area contributed by atoms with E-state index in [1.807, 2.05) is 19.1 Å². The lowest BCUT2D eigenvalue weighted by Crippen LogP contribution is -2.19. The minimum absolute atomic E-state index is 0.1000. The molecule has 0 bridgehead atoms. The van der Waals surface area contributed by atoms with Crippen LogP contribution in [0.25, 0.3) is 6.08 Å². The Morgan fingerprint density at radius 2 is 2.14 bits per heavy atom. The third-order valence-electron chi connectivity index (χ3n) is 5.43. The Balaban J connectivity index is 1.77. The molecule has 5 nitrogen and oxygen atoms in total. The van der Waals surface area contributed by atoms with Crippen molar-refractivity contribution in [3.8, 4) is 11.5 Å². The largest absolute Gasteiger partial charge is 0.504 e. The average molecular weight is 518 g/mol. The summed E-state index contributed by atoms with van der Waals surface area (Å²) in [7, 11) is -1.53. The molecule has 0 spiro atoms. The molecule has 1 aromatic rings. The van der Waals surface area contributed by atoms with E-state index in [1.54, 1.807) is 7.11 Å².